The highest BCUT2D eigenvalue weighted by molar-refractivity contribution is 7.91. The molecule has 6 atom stereocenters. The Labute approximate surface area is 360 Å². The molecule has 7 N–H and O–H groups in total. The van der Waals surface area contributed by atoms with E-state index in [0.717, 1.165) is 6.42 Å². The molecule has 0 saturated heterocycles. The maximum absolute atomic E-state index is 12.4. The molecule has 0 aromatic carbocycles. The number of halogens is 1. The summed E-state index contributed by atoms with van der Waals surface area (Å²) in [6.07, 6.45) is 6.44. The minimum Gasteiger partial charge on any atom is -0.444 e. The number of nitrogens with two attached hydrogens (primary N) is 1. The van der Waals surface area contributed by atoms with Gasteiger partial charge in [0.2, 0.25) is 30.1 Å². The fourth-order valence-electron chi connectivity index (χ4n) is 6.50. The van der Waals surface area contributed by atoms with Gasteiger partial charge in [0.25, 0.3) is 17.7 Å². The smallest absolute Gasteiger partial charge is 0.408 e. The van der Waals surface area contributed by atoms with Gasteiger partial charge in [-0.3, -0.25) is 28.5 Å². The van der Waals surface area contributed by atoms with Crippen LogP contribution in [-0.2, 0) is 53.9 Å². The first-order chi connectivity index (χ1) is 26.9. The van der Waals surface area contributed by atoms with Crippen molar-refractivity contribution in [3.05, 3.63) is 12.7 Å². The molecule has 0 radical (unpaired) electrons. The minimum absolute atomic E-state index is 0. The lowest BCUT2D eigenvalue weighted by Gasteiger charge is -2.23. The SMILES string of the molecule is C=C[C@@H]1C[C@]1(NC(=O)OC(C)(C)C)C(=O)NS(=O)(=O)C1CC1.CC[C@@H]1C[C@]1(N)C(=O)NS(=O)(=O)C1CC1.CC[C@@H]1C[C@]1(NC(=O)OC(C)(C)C)C(=O)NS(=O)(=O)C1CC1.Cl. The molecule has 19 nitrogen and oxygen atoms in total. The molecular formula is C37H63ClN6O13S3. The van der Waals surface area contributed by atoms with Crippen molar-refractivity contribution in [3.63, 3.8) is 0 Å². The molecule has 0 unspecified atom stereocenters. The molecule has 23 heteroatoms. The Kier molecular flexibility index (Phi) is 15.2. The Morgan fingerprint density at radius 1 is 0.617 bits per heavy atom. The predicted molar refractivity (Wildman–Crippen MR) is 224 cm³/mol. The van der Waals surface area contributed by atoms with E-state index >= 15 is 0 Å². The number of alkyl carbamates (subject to hydrolysis) is 2. The monoisotopic (exact) mass is 930 g/mol. The average molecular weight is 932 g/mol. The molecule has 60 heavy (non-hydrogen) atoms. The summed E-state index contributed by atoms with van der Waals surface area (Å²) < 4.78 is 87.1. The number of carbonyl (C=O) groups is 5. The van der Waals surface area contributed by atoms with E-state index < -0.39 is 98.3 Å². The standard InChI is InChI=1S/C14H24N2O5S.C14H22N2O5S.C9H16N2O3S.ClH/c2*1-5-9-8-14(9,15-12(18)21-13(2,3)4)11(17)16-22(19,20)10-6-7-10;1-2-6-5-9(6,10)8(12)11-15(13,14)7-3-4-7;/h9-10H,5-8H2,1-4H3,(H,15,18)(H,16,17);5,9-10H,1,6-8H2,2-4H3,(H,15,18)(H,16,17);6-7H,2-5,10H2,1H3,(H,11,12);1H/t2*9-,14-;6-,9-;/m111./s1. The highest BCUT2D eigenvalue weighted by Crippen LogP contribution is 2.47. The lowest BCUT2D eigenvalue weighted by atomic mass is 10.1. The quantitative estimate of drug-likeness (QED) is 0.137. The van der Waals surface area contributed by atoms with Gasteiger partial charge in [-0.1, -0.05) is 32.8 Å². The fraction of sp³-hybridized carbons (Fsp3) is 0.811. The molecule has 6 saturated carbocycles. The maximum atomic E-state index is 12.4. The third-order valence-electron chi connectivity index (χ3n) is 10.8. The number of ether oxygens (including phenoxy) is 2. The van der Waals surface area contributed by atoms with E-state index in [1.807, 2.05) is 13.8 Å². The van der Waals surface area contributed by atoms with Gasteiger partial charge in [-0.05, 0) is 111 Å². The van der Waals surface area contributed by atoms with Crippen molar-refractivity contribution in [1.29, 1.82) is 0 Å². The lowest BCUT2D eigenvalue weighted by molar-refractivity contribution is -0.123. The molecule has 6 aliphatic carbocycles. The molecule has 6 rings (SSSR count). The van der Waals surface area contributed by atoms with Crippen molar-refractivity contribution in [2.45, 2.75) is 170 Å². The number of carbonyl (C=O) groups excluding carboxylic acids is 5. The normalized spacial score (nSPS) is 29.1. The van der Waals surface area contributed by atoms with Gasteiger partial charge in [-0.2, -0.15) is 0 Å². The van der Waals surface area contributed by atoms with Crippen molar-refractivity contribution in [2.75, 3.05) is 0 Å². The van der Waals surface area contributed by atoms with Crippen molar-refractivity contribution in [1.82, 2.24) is 24.8 Å². The summed E-state index contributed by atoms with van der Waals surface area (Å²) in [7, 11) is -10.7. The van der Waals surface area contributed by atoms with Crippen LogP contribution in [0.15, 0.2) is 12.7 Å². The first-order valence-corrected chi connectivity index (χ1v) is 24.7. The molecule has 0 heterocycles. The molecule has 344 valence electrons. The van der Waals surface area contributed by atoms with E-state index in [0.29, 0.717) is 64.2 Å². The van der Waals surface area contributed by atoms with E-state index in [4.69, 9.17) is 15.2 Å². The molecule has 0 bridgehead atoms. The van der Waals surface area contributed by atoms with Crippen LogP contribution in [0.5, 0.6) is 0 Å². The molecule has 6 aliphatic rings. The molecule has 0 aromatic heterocycles. The zero-order valence-corrected chi connectivity index (χ0v) is 38.8. The molecule has 6 fully saturated rings. The Bertz CT molecular complexity index is 2030. The Hall–Kier alpha value is -3.21. The molecule has 5 amide bonds. The average Bonchev–Trinajstić information content (AvgIpc) is 3.85. The van der Waals surface area contributed by atoms with E-state index in [-0.39, 0.29) is 35.4 Å². The number of nitrogens with one attached hydrogen (secondary N) is 5. The van der Waals surface area contributed by atoms with Gasteiger partial charge >= 0.3 is 12.2 Å². The van der Waals surface area contributed by atoms with E-state index in [9.17, 15) is 49.2 Å². The van der Waals surface area contributed by atoms with Crippen LogP contribution in [0.25, 0.3) is 0 Å². The number of amides is 5. The van der Waals surface area contributed by atoms with E-state index in [2.05, 4.69) is 31.4 Å². The Morgan fingerprint density at radius 2 is 0.967 bits per heavy atom. The predicted octanol–water partition coefficient (Wildman–Crippen LogP) is 2.50. The summed E-state index contributed by atoms with van der Waals surface area (Å²) in [5, 5.41) is 3.71. The first-order valence-electron chi connectivity index (χ1n) is 20.0. The van der Waals surface area contributed by atoms with Crippen LogP contribution in [-0.4, -0.2) is 98.7 Å². The van der Waals surface area contributed by atoms with Crippen LogP contribution in [0.4, 0.5) is 9.59 Å². The van der Waals surface area contributed by atoms with E-state index in [1.165, 1.54) is 6.08 Å². The van der Waals surface area contributed by atoms with Gasteiger partial charge in [0, 0.05) is 5.92 Å². The molecule has 0 aliphatic heterocycles. The third kappa shape index (κ3) is 13.2. The van der Waals surface area contributed by atoms with E-state index in [1.54, 1.807) is 41.5 Å². The van der Waals surface area contributed by atoms with Crippen LogP contribution in [0.2, 0.25) is 0 Å². The van der Waals surface area contributed by atoms with Gasteiger partial charge in [0.05, 0.1) is 21.3 Å². The van der Waals surface area contributed by atoms with Crippen molar-refractivity contribution in [2.24, 2.45) is 23.5 Å². The summed E-state index contributed by atoms with van der Waals surface area (Å²) in [5.74, 6) is -2.16. The summed E-state index contributed by atoms with van der Waals surface area (Å²) in [5.41, 5.74) is 1.02. The molecular weight excluding hydrogens is 868 g/mol. The third-order valence-corrected chi connectivity index (χ3v) is 16.3. The van der Waals surface area contributed by atoms with Crippen molar-refractivity contribution in [3.8, 4) is 0 Å². The maximum Gasteiger partial charge on any atom is 0.408 e. The van der Waals surface area contributed by atoms with Gasteiger partial charge in [0.15, 0.2) is 0 Å². The number of hydrogen-bond acceptors (Lipinski definition) is 14. The molecule has 0 spiro atoms. The van der Waals surface area contributed by atoms with Crippen LogP contribution in [0.1, 0.15) is 126 Å². The fourth-order valence-corrected chi connectivity index (χ4v) is 10.6. The second-order valence-corrected chi connectivity index (χ2v) is 24.3. The largest absolute Gasteiger partial charge is 0.444 e. The number of sulfonamides is 3. The summed E-state index contributed by atoms with van der Waals surface area (Å²) in [6.45, 7) is 17.7. The highest BCUT2D eigenvalue weighted by atomic mass is 35.5. The van der Waals surface area contributed by atoms with Crippen LogP contribution in [0.3, 0.4) is 0 Å². The first kappa shape index (κ1) is 51.1. The zero-order chi connectivity index (χ0) is 44.8. The van der Waals surface area contributed by atoms with Gasteiger partial charge in [-0.25, -0.2) is 34.8 Å². The van der Waals surface area contributed by atoms with Crippen LogP contribution < -0.4 is 30.5 Å². The Morgan fingerprint density at radius 3 is 1.25 bits per heavy atom. The Balaban J connectivity index is 0.000000243. The van der Waals surface area contributed by atoms with Gasteiger partial charge in [-0.15, -0.1) is 19.0 Å². The number of hydrogen-bond donors (Lipinski definition) is 6. The zero-order valence-electron chi connectivity index (χ0n) is 35.5. The second kappa shape index (κ2) is 17.9. The summed E-state index contributed by atoms with van der Waals surface area (Å²) in [4.78, 5) is 60.2. The second-order valence-electron chi connectivity index (χ2n) is 18.4. The summed E-state index contributed by atoms with van der Waals surface area (Å²) in [6, 6.07) is 0. The number of rotatable bonds is 14. The lowest BCUT2D eigenvalue weighted by Crippen LogP contribution is -2.53. The van der Waals surface area contributed by atoms with Crippen LogP contribution in [0, 0.1) is 17.8 Å². The summed E-state index contributed by atoms with van der Waals surface area (Å²) >= 11 is 0. The van der Waals surface area contributed by atoms with Crippen molar-refractivity contribution < 1.29 is 58.7 Å². The topological polar surface area (TPSA) is 292 Å². The van der Waals surface area contributed by atoms with Gasteiger partial charge in [0.1, 0.15) is 22.3 Å². The minimum atomic E-state index is -3.66. The van der Waals surface area contributed by atoms with Crippen molar-refractivity contribution >= 4 is 72.4 Å². The van der Waals surface area contributed by atoms with Gasteiger partial charge < -0.3 is 25.8 Å². The highest BCUT2D eigenvalue weighted by Gasteiger charge is 2.63. The molecule has 0 aromatic rings. The van der Waals surface area contributed by atoms with Crippen LogP contribution >= 0.6 is 12.4 Å².